The Balaban J connectivity index is 2.15. The third-order valence-corrected chi connectivity index (χ3v) is 2.47. The standard InChI is InChI=1S/C14H11N2O2/c17-11-16(10-12-4-2-1-3-5-12)14(18)13-6-8-15-9-7-13/h1-9H,10H2. The van der Waals surface area contributed by atoms with Crippen molar-refractivity contribution in [1.82, 2.24) is 9.88 Å². The highest BCUT2D eigenvalue weighted by Crippen LogP contribution is 2.07. The van der Waals surface area contributed by atoms with Gasteiger partial charge in [0.1, 0.15) is 0 Å². The Labute approximate surface area is 105 Å². The van der Waals surface area contributed by atoms with Crippen LogP contribution in [0.1, 0.15) is 15.9 Å². The lowest BCUT2D eigenvalue weighted by Crippen LogP contribution is -2.29. The van der Waals surface area contributed by atoms with E-state index < -0.39 is 0 Å². The molecule has 0 fully saturated rings. The number of nitrogens with zero attached hydrogens (tertiary/aromatic N) is 2. The zero-order valence-electron chi connectivity index (χ0n) is 9.61. The van der Waals surface area contributed by atoms with Crippen LogP contribution in [0.4, 0.5) is 0 Å². The summed E-state index contributed by atoms with van der Waals surface area (Å²) in [5, 5.41) is 0. The van der Waals surface area contributed by atoms with Gasteiger partial charge in [-0.3, -0.25) is 19.5 Å². The smallest absolute Gasteiger partial charge is 0.269 e. The minimum Gasteiger partial charge on any atom is -0.269 e. The van der Waals surface area contributed by atoms with Gasteiger partial charge in [0.2, 0.25) is 0 Å². The Bertz CT molecular complexity index is 526. The Morgan fingerprint density at radius 2 is 1.78 bits per heavy atom. The first-order valence-corrected chi connectivity index (χ1v) is 5.45. The van der Waals surface area contributed by atoms with Crippen molar-refractivity contribution in [3.05, 3.63) is 66.0 Å². The molecule has 89 valence electrons. The molecule has 2 aromatic rings. The van der Waals surface area contributed by atoms with Gasteiger partial charge in [-0.25, -0.2) is 0 Å². The van der Waals surface area contributed by atoms with E-state index in [-0.39, 0.29) is 12.5 Å². The number of carbonyl (C=O) groups excluding carboxylic acids is 2. The third-order valence-electron chi connectivity index (χ3n) is 2.47. The number of aromatic nitrogens is 1. The fourth-order valence-corrected chi connectivity index (χ4v) is 1.56. The number of hydrogen-bond donors (Lipinski definition) is 0. The molecule has 18 heavy (non-hydrogen) atoms. The summed E-state index contributed by atoms with van der Waals surface area (Å²) >= 11 is 0. The highest BCUT2D eigenvalue weighted by Gasteiger charge is 2.15. The van der Waals surface area contributed by atoms with E-state index in [0.717, 1.165) is 10.5 Å². The normalized spacial score (nSPS) is 9.78. The molecule has 0 spiro atoms. The van der Waals surface area contributed by atoms with Gasteiger partial charge < -0.3 is 0 Å². The first-order valence-electron chi connectivity index (χ1n) is 5.45. The average Bonchev–Trinajstić information content (AvgIpc) is 2.46. The molecular weight excluding hydrogens is 228 g/mol. The SMILES string of the molecule is O=[C]N(Cc1ccccc1)C(=O)c1ccncc1. The average molecular weight is 239 g/mol. The largest absolute Gasteiger partial charge is 0.319 e. The van der Waals surface area contributed by atoms with E-state index in [1.165, 1.54) is 12.4 Å². The molecule has 0 N–H and O–H groups in total. The van der Waals surface area contributed by atoms with Crippen molar-refractivity contribution in [3.63, 3.8) is 0 Å². The molecule has 0 unspecified atom stereocenters. The molecule has 0 saturated carbocycles. The van der Waals surface area contributed by atoms with E-state index in [4.69, 9.17) is 0 Å². The van der Waals surface area contributed by atoms with Crippen molar-refractivity contribution in [3.8, 4) is 0 Å². The van der Waals surface area contributed by atoms with E-state index in [1.54, 1.807) is 18.5 Å². The maximum Gasteiger partial charge on any atom is 0.319 e. The summed E-state index contributed by atoms with van der Waals surface area (Å²) in [4.78, 5) is 27.8. The van der Waals surface area contributed by atoms with Gasteiger partial charge in [-0.05, 0) is 17.7 Å². The number of rotatable bonds is 4. The Morgan fingerprint density at radius 1 is 1.11 bits per heavy atom. The van der Waals surface area contributed by atoms with Crippen LogP contribution in [0.15, 0.2) is 54.9 Å². The predicted molar refractivity (Wildman–Crippen MR) is 66.2 cm³/mol. The summed E-state index contributed by atoms with van der Waals surface area (Å²) in [6.07, 6.45) is 4.69. The molecule has 2 amide bonds. The molecule has 4 heteroatoms. The minimum atomic E-state index is -0.378. The maximum atomic E-state index is 12.0. The van der Waals surface area contributed by atoms with Gasteiger partial charge in [0, 0.05) is 18.0 Å². The summed E-state index contributed by atoms with van der Waals surface area (Å²) in [7, 11) is 0. The fourth-order valence-electron chi connectivity index (χ4n) is 1.56. The number of hydrogen-bond acceptors (Lipinski definition) is 3. The highest BCUT2D eigenvalue weighted by molar-refractivity contribution is 5.99. The molecule has 1 heterocycles. The van der Waals surface area contributed by atoms with E-state index in [0.29, 0.717) is 5.56 Å². The van der Waals surface area contributed by atoms with Crippen LogP contribution in [-0.4, -0.2) is 22.2 Å². The molecule has 0 bridgehead atoms. The zero-order chi connectivity index (χ0) is 12.8. The van der Waals surface area contributed by atoms with Gasteiger partial charge in [0.05, 0.1) is 6.54 Å². The summed E-state index contributed by atoms with van der Waals surface area (Å²) < 4.78 is 0. The molecular formula is C14H11N2O2. The second-order valence-electron chi connectivity index (χ2n) is 3.70. The fraction of sp³-hybridized carbons (Fsp3) is 0.0714. The monoisotopic (exact) mass is 239 g/mol. The second-order valence-corrected chi connectivity index (χ2v) is 3.70. The van der Waals surface area contributed by atoms with Crippen molar-refractivity contribution in [1.29, 1.82) is 0 Å². The lowest BCUT2D eigenvalue weighted by atomic mass is 10.2. The molecule has 0 aliphatic carbocycles. The molecule has 2 rings (SSSR count). The molecule has 0 aliphatic rings. The summed E-state index contributed by atoms with van der Waals surface area (Å²) in [5.41, 5.74) is 1.30. The van der Waals surface area contributed by atoms with Crippen LogP contribution in [0.5, 0.6) is 0 Å². The van der Waals surface area contributed by atoms with Gasteiger partial charge in [0.25, 0.3) is 5.91 Å². The molecule has 1 aromatic heterocycles. The van der Waals surface area contributed by atoms with Gasteiger partial charge in [-0.15, -0.1) is 0 Å². The first kappa shape index (κ1) is 12.0. The van der Waals surface area contributed by atoms with Gasteiger partial charge in [-0.1, -0.05) is 30.3 Å². The maximum absolute atomic E-state index is 12.0. The van der Waals surface area contributed by atoms with Crippen LogP contribution >= 0.6 is 0 Å². The molecule has 1 radical (unpaired) electrons. The third kappa shape index (κ3) is 2.79. The van der Waals surface area contributed by atoms with Crippen LogP contribution in [0.25, 0.3) is 0 Å². The van der Waals surface area contributed by atoms with Gasteiger partial charge >= 0.3 is 6.41 Å². The van der Waals surface area contributed by atoms with Crippen LogP contribution in [-0.2, 0) is 11.3 Å². The van der Waals surface area contributed by atoms with Crippen LogP contribution in [0, 0.1) is 0 Å². The van der Waals surface area contributed by atoms with E-state index in [1.807, 2.05) is 30.3 Å². The Morgan fingerprint density at radius 3 is 2.39 bits per heavy atom. The topological polar surface area (TPSA) is 50.3 Å². The van der Waals surface area contributed by atoms with Crippen molar-refractivity contribution in [2.45, 2.75) is 6.54 Å². The van der Waals surface area contributed by atoms with Crippen LogP contribution < -0.4 is 0 Å². The second kappa shape index (κ2) is 5.72. The molecule has 1 aromatic carbocycles. The number of amides is 2. The summed E-state index contributed by atoms with van der Waals surface area (Å²) in [6, 6.07) is 12.4. The molecule has 4 nitrogen and oxygen atoms in total. The van der Waals surface area contributed by atoms with E-state index in [9.17, 15) is 9.59 Å². The summed E-state index contributed by atoms with van der Waals surface area (Å²) in [6.45, 7) is 0.214. The molecule has 0 atom stereocenters. The lowest BCUT2D eigenvalue weighted by molar-refractivity contribution is 0.0836. The number of benzene rings is 1. The van der Waals surface area contributed by atoms with Crippen molar-refractivity contribution >= 4 is 12.3 Å². The van der Waals surface area contributed by atoms with Gasteiger partial charge in [-0.2, -0.15) is 0 Å². The zero-order valence-corrected chi connectivity index (χ0v) is 9.61. The number of carbonyl (C=O) groups is 1. The number of imide groups is 1. The number of pyridine rings is 1. The molecule has 0 saturated heterocycles. The van der Waals surface area contributed by atoms with Gasteiger partial charge in [0.15, 0.2) is 0 Å². The van der Waals surface area contributed by atoms with Crippen LogP contribution in [0.2, 0.25) is 0 Å². The Kier molecular flexibility index (Phi) is 3.81. The van der Waals surface area contributed by atoms with Crippen molar-refractivity contribution < 1.29 is 9.59 Å². The van der Waals surface area contributed by atoms with Crippen molar-refractivity contribution in [2.24, 2.45) is 0 Å². The van der Waals surface area contributed by atoms with E-state index in [2.05, 4.69) is 4.98 Å². The van der Waals surface area contributed by atoms with Crippen LogP contribution in [0.3, 0.4) is 0 Å². The first-order chi connectivity index (χ1) is 8.81. The minimum absolute atomic E-state index is 0.214. The van der Waals surface area contributed by atoms with Crippen molar-refractivity contribution in [2.75, 3.05) is 0 Å². The Hall–Kier alpha value is -2.49. The summed E-state index contributed by atoms with van der Waals surface area (Å²) in [5.74, 6) is -0.378. The predicted octanol–water partition coefficient (Wildman–Crippen LogP) is 1.79. The lowest BCUT2D eigenvalue weighted by Gasteiger charge is -2.14. The molecule has 0 aliphatic heterocycles. The quantitative estimate of drug-likeness (QED) is 0.764. The highest BCUT2D eigenvalue weighted by atomic mass is 16.2. The van der Waals surface area contributed by atoms with E-state index >= 15 is 0 Å².